The van der Waals surface area contributed by atoms with Crippen molar-refractivity contribution < 1.29 is 14.2 Å². The molecule has 2 aromatic carbocycles. The van der Waals surface area contributed by atoms with Crippen LogP contribution in [0, 0.1) is 0 Å². The van der Waals surface area contributed by atoms with E-state index in [0.717, 1.165) is 62.2 Å². The molecule has 3 rings (SSSR count). The molecule has 0 atom stereocenters. The fourth-order valence-electron chi connectivity index (χ4n) is 3.56. The summed E-state index contributed by atoms with van der Waals surface area (Å²) >= 11 is 0. The first-order valence-electron chi connectivity index (χ1n) is 11.0. The van der Waals surface area contributed by atoms with Crippen LogP contribution in [0.1, 0.15) is 70.4 Å². The summed E-state index contributed by atoms with van der Waals surface area (Å²) in [5, 5.41) is 0. The lowest BCUT2D eigenvalue weighted by atomic mass is 10.0. The molecule has 0 saturated carbocycles. The van der Waals surface area contributed by atoms with Crippen molar-refractivity contribution in [1.29, 1.82) is 0 Å². The third kappa shape index (κ3) is 4.63. The van der Waals surface area contributed by atoms with E-state index >= 15 is 0 Å². The van der Waals surface area contributed by atoms with Gasteiger partial charge in [0, 0.05) is 12.0 Å². The molecule has 0 N–H and O–H groups in total. The van der Waals surface area contributed by atoms with E-state index in [1.54, 1.807) is 0 Å². The van der Waals surface area contributed by atoms with Crippen LogP contribution in [-0.2, 0) is 6.42 Å². The van der Waals surface area contributed by atoms with Crippen LogP contribution in [0.4, 0.5) is 0 Å². The zero-order valence-corrected chi connectivity index (χ0v) is 17.7. The monoisotopic (exact) mass is 382 g/mol. The van der Waals surface area contributed by atoms with Gasteiger partial charge in [-0.1, -0.05) is 64.3 Å². The van der Waals surface area contributed by atoms with Crippen molar-refractivity contribution in [3.05, 3.63) is 41.5 Å². The fraction of sp³-hybridized carbons (Fsp3) is 0.520. The van der Waals surface area contributed by atoms with E-state index in [9.17, 15) is 0 Å². The Morgan fingerprint density at radius 2 is 1.32 bits per heavy atom. The van der Waals surface area contributed by atoms with Crippen molar-refractivity contribution in [3.8, 4) is 28.4 Å². The van der Waals surface area contributed by atoms with Crippen LogP contribution in [-0.4, -0.2) is 19.8 Å². The van der Waals surface area contributed by atoms with E-state index < -0.39 is 0 Å². The molecule has 2 aromatic rings. The number of fused-ring (bicyclic) bond motifs is 3. The minimum atomic E-state index is 0.691. The van der Waals surface area contributed by atoms with Crippen LogP contribution in [0.25, 0.3) is 11.1 Å². The van der Waals surface area contributed by atoms with E-state index in [1.807, 2.05) is 0 Å². The first-order valence-corrected chi connectivity index (χ1v) is 11.0. The lowest BCUT2D eigenvalue weighted by Gasteiger charge is -2.20. The number of hydrogen-bond acceptors (Lipinski definition) is 3. The van der Waals surface area contributed by atoms with Crippen LogP contribution in [0.3, 0.4) is 0 Å². The van der Waals surface area contributed by atoms with Gasteiger partial charge in [0.05, 0.1) is 19.8 Å². The van der Waals surface area contributed by atoms with Gasteiger partial charge in [0.25, 0.3) is 0 Å². The van der Waals surface area contributed by atoms with Crippen molar-refractivity contribution in [1.82, 2.24) is 0 Å². The van der Waals surface area contributed by atoms with E-state index in [-0.39, 0.29) is 0 Å². The minimum Gasteiger partial charge on any atom is -0.490 e. The summed E-state index contributed by atoms with van der Waals surface area (Å²) < 4.78 is 18.8. The molecule has 0 bridgehead atoms. The van der Waals surface area contributed by atoms with E-state index in [0.29, 0.717) is 19.8 Å². The van der Waals surface area contributed by atoms with Gasteiger partial charge in [0.1, 0.15) is 0 Å². The lowest BCUT2D eigenvalue weighted by molar-refractivity contribution is 0.236. The predicted octanol–water partition coefficient (Wildman–Crippen LogP) is 6.79. The molecule has 3 heteroatoms. The topological polar surface area (TPSA) is 27.7 Å². The summed E-state index contributed by atoms with van der Waals surface area (Å²) in [6.07, 6.45) is 7.33. The van der Waals surface area contributed by atoms with E-state index in [2.05, 4.69) is 51.1 Å². The quantitative estimate of drug-likeness (QED) is 0.323. The molecule has 0 spiro atoms. The van der Waals surface area contributed by atoms with Crippen LogP contribution < -0.4 is 14.2 Å². The second-order valence-electron chi connectivity index (χ2n) is 7.50. The zero-order chi connectivity index (χ0) is 19.8. The van der Waals surface area contributed by atoms with Gasteiger partial charge in [-0.15, -0.1) is 0 Å². The second-order valence-corrected chi connectivity index (χ2v) is 7.50. The molecule has 0 saturated heterocycles. The minimum absolute atomic E-state index is 0.691. The number of benzene rings is 2. The SMILES string of the molecule is CCCCOc1cc2c(c(OCCCC)c1OCCCC)Cc1ccccc1-2. The molecule has 0 aliphatic heterocycles. The Morgan fingerprint density at radius 3 is 2.00 bits per heavy atom. The number of unbranched alkanes of at least 4 members (excludes halogenated alkanes) is 3. The highest BCUT2D eigenvalue weighted by Gasteiger charge is 2.28. The Balaban J connectivity index is 2.02. The summed E-state index contributed by atoms with van der Waals surface area (Å²) in [5.74, 6) is 2.52. The van der Waals surface area contributed by atoms with Gasteiger partial charge < -0.3 is 14.2 Å². The summed E-state index contributed by atoms with van der Waals surface area (Å²) in [5.41, 5.74) is 5.12. The number of rotatable bonds is 12. The standard InChI is InChI=1S/C25H34O3/c1-4-7-14-26-23-18-21-20-13-11-10-12-19(20)17-22(21)24(27-15-8-5-2)25(23)28-16-9-6-3/h10-13,18H,4-9,14-17H2,1-3H3. The highest BCUT2D eigenvalue weighted by atomic mass is 16.5. The van der Waals surface area contributed by atoms with Crippen molar-refractivity contribution in [2.45, 2.75) is 65.7 Å². The van der Waals surface area contributed by atoms with Gasteiger partial charge in [0.15, 0.2) is 11.5 Å². The largest absolute Gasteiger partial charge is 0.490 e. The smallest absolute Gasteiger partial charge is 0.203 e. The maximum absolute atomic E-state index is 6.32. The zero-order valence-electron chi connectivity index (χ0n) is 17.7. The highest BCUT2D eigenvalue weighted by Crippen LogP contribution is 2.50. The Hall–Kier alpha value is -2.16. The highest BCUT2D eigenvalue weighted by molar-refractivity contribution is 5.83. The number of ether oxygens (including phenoxy) is 3. The summed E-state index contributed by atoms with van der Waals surface area (Å²) in [6, 6.07) is 10.8. The molecule has 3 nitrogen and oxygen atoms in total. The number of hydrogen-bond donors (Lipinski definition) is 0. The molecule has 1 aliphatic rings. The first-order chi connectivity index (χ1) is 13.8. The van der Waals surface area contributed by atoms with Crippen LogP contribution >= 0.6 is 0 Å². The molecule has 0 aromatic heterocycles. The van der Waals surface area contributed by atoms with Gasteiger partial charge in [-0.3, -0.25) is 0 Å². The van der Waals surface area contributed by atoms with Gasteiger partial charge in [-0.2, -0.15) is 0 Å². The van der Waals surface area contributed by atoms with Crippen LogP contribution in [0.15, 0.2) is 30.3 Å². The fourth-order valence-corrected chi connectivity index (χ4v) is 3.56. The lowest BCUT2D eigenvalue weighted by Crippen LogP contribution is -2.08. The molecular weight excluding hydrogens is 348 g/mol. The molecule has 0 amide bonds. The average Bonchev–Trinajstić information content (AvgIpc) is 3.08. The molecule has 0 heterocycles. The normalized spacial score (nSPS) is 11.8. The summed E-state index contributed by atoms with van der Waals surface area (Å²) in [6.45, 7) is 8.65. The van der Waals surface area contributed by atoms with Gasteiger partial charge in [-0.25, -0.2) is 0 Å². The Kier molecular flexibility index (Phi) is 7.64. The first kappa shape index (κ1) is 20.6. The molecule has 0 fully saturated rings. The van der Waals surface area contributed by atoms with Crippen molar-refractivity contribution in [3.63, 3.8) is 0 Å². The van der Waals surface area contributed by atoms with Crippen LogP contribution in [0.2, 0.25) is 0 Å². The van der Waals surface area contributed by atoms with Crippen LogP contribution in [0.5, 0.6) is 17.2 Å². The summed E-state index contributed by atoms with van der Waals surface area (Å²) in [7, 11) is 0. The van der Waals surface area contributed by atoms with E-state index in [4.69, 9.17) is 14.2 Å². The maximum atomic E-state index is 6.32. The third-order valence-electron chi connectivity index (χ3n) is 5.22. The molecule has 152 valence electrons. The predicted molar refractivity (Wildman–Crippen MR) is 116 cm³/mol. The molecular formula is C25H34O3. The van der Waals surface area contributed by atoms with Gasteiger partial charge in [-0.05, 0) is 42.0 Å². The third-order valence-corrected chi connectivity index (χ3v) is 5.22. The van der Waals surface area contributed by atoms with Gasteiger partial charge in [0.2, 0.25) is 5.75 Å². The average molecular weight is 383 g/mol. The molecule has 0 unspecified atom stereocenters. The second kappa shape index (κ2) is 10.4. The maximum Gasteiger partial charge on any atom is 0.203 e. The Labute approximate surface area is 170 Å². The van der Waals surface area contributed by atoms with Crippen molar-refractivity contribution in [2.24, 2.45) is 0 Å². The van der Waals surface area contributed by atoms with Crippen molar-refractivity contribution >= 4 is 0 Å². The van der Waals surface area contributed by atoms with Crippen molar-refractivity contribution in [2.75, 3.05) is 19.8 Å². The van der Waals surface area contributed by atoms with E-state index in [1.165, 1.54) is 22.3 Å². The summed E-state index contributed by atoms with van der Waals surface area (Å²) in [4.78, 5) is 0. The Morgan fingerprint density at radius 1 is 0.714 bits per heavy atom. The Bertz CT molecular complexity index is 767. The molecule has 0 radical (unpaired) electrons. The van der Waals surface area contributed by atoms with Gasteiger partial charge >= 0.3 is 0 Å². The molecule has 28 heavy (non-hydrogen) atoms. The molecule has 1 aliphatic carbocycles.